The lowest BCUT2D eigenvalue weighted by molar-refractivity contribution is 0.0947. The van der Waals surface area contributed by atoms with E-state index < -0.39 is 0 Å². The van der Waals surface area contributed by atoms with Gasteiger partial charge in [0, 0.05) is 4.47 Å². The maximum absolute atomic E-state index is 12.0. The molecule has 0 saturated carbocycles. The molecule has 1 amide bonds. The van der Waals surface area contributed by atoms with E-state index in [0.717, 1.165) is 10.2 Å². The molecule has 0 unspecified atom stereocenters. The SMILES string of the molecule is O=C(NCCOc1cccc(Br)c1)c1cccc(Cl)c1Cl. The molecule has 0 bridgehead atoms. The number of nitrogens with one attached hydrogen (secondary N) is 1. The van der Waals surface area contributed by atoms with E-state index in [4.69, 9.17) is 27.9 Å². The molecular weight excluding hydrogens is 377 g/mol. The molecule has 0 aromatic heterocycles. The lowest BCUT2D eigenvalue weighted by Gasteiger charge is -2.09. The van der Waals surface area contributed by atoms with Gasteiger partial charge >= 0.3 is 0 Å². The van der Waals surface area contributed by atoms with Crippen LogP contribution in [0, 0.1) is 0 Å². The minimum Gasteiger partial charge on any atom is -0.492 e. The minimum atomic E-state index is -0.277. The van der Waals surface area contributed by atoms with E-state index in [9.17, 15) is 4.79 Å². The summed E-state index contributed by atoms with van der Waals surface area (Å²) in [7, 11) is 0. The zero-order valence-electron chi connectivity index (χ0n) is 10.9. The Morgan fingerprint density at radius 3 is 2.71 bits per heavy atom. The number of ether oxygens (including phenoxy) is 1. The van der Waals surface area contributed by atoms with Crippen molar-refractivity contribution < 1.29 is 9.53 Å². The van der Waals surface area contributed by atoms with Crippen molar-refractivity contribution in [1.82, 2.24) is 5.32 Å². The zero-order valence-corrected chi connectivity index (χ0v) is 14.0. The van der Waals surface area contributed by atoms with Crippen molar-refractivity contribution in [1.29, 1.82) is 0 Å². The summed E-state index contributed by atoms with van der Waals surface area (Å²) in [6, 6.07) is 12.4. The molecule has 2 aromatic carbocycles. The van der Waals surface area contributed by atoms with Crippen LogP contribution in [0.3, 0.4) is 0 Å². The lowest BCUT2D eigenvalue weighted by Crippen LogP contribution is -2.28. The van der Waals surface area contributed by atoms with Crippen molar-refractivity contribution in [2.45, 2.75) is 0 Å². The highest BCUT2D eigenvalue weighted by molar-refractivity contribution is 9.10. The number of carbonyl (C=O) groups excluding carboxylic acids is 1. The molecule has 0 atom stereocenters. The van der Waals surface area contributed by atoms with Gasteiger partial charge in [-0.25, -0.2) is 0 Å². The molecular formula is C15H12BrCl2NO2. The molecule has 0 aliphatic carbocycles. The molecule has 2 rings (SSSR count). The van der Waals surface area contributed by atoms with Crippen LogP contribution in [0.2, 0.25) is 10.0 Å². The summed E-state index contributed by atoms with van der Waals surface area (Å²) in [5, 5.41) is 3.34. The largest absolute Gasteiger partial charge is 0.492 e. The van der Waals surface area contributed by atoms with Crippen LogP contribution in [0.1, 0.15) is 10.4 Å². The van der Waals surface area contributed by atoms with Crippen LogP contribution in [0.25, 0.3) is 0 Å². The van der Waals surface area contributed by atoms with Gasteiger partial charge in [-0.05, 0) is 30.3 Å². The summed E-state index contributed by atoms with van der Waals surface area (Å²) >= 11 is 15.2. The Morgan fingerprint density at radius 1 is 1.19 bits per heavy atom. The van der Waals surface area contributed by atoms with E-state index in [1.807, 2.05) is 24.3 Å². The van der Waals surface area contributed by atoms with E-state index in [1.54, 1.807) is 18.2 Å². The van der Waals surface area contributed by atoms with Gasteiger partial charge in [0.05, 0.1) is 22.2 Å². The van der Waals surface area contributed by atoms with Gasteiger partial charge in [0.15, 0.2) is 0 Å². The van der Waals surface area contributed by atoms with Gasteiger partial charge in [-0.2, -0.15) is 0 Å². The number of halogens is 3. The lowest BCUT2D eigenvalue weighted by atomic mass is 10.2. The molecule has 0 heterocycles. The monoisotopic (exact) mass is 387 g/mol. The molecule has 0 fully saturated rings. The fraction of sp³-hybridized carbons (Fsp3) is 0.133. The van der Waals surface area contributed by atoms with Gasteiger partial charge in [-0.15, -0.1) is 0 Å². The maximum atomic E-state index is 12.0. The second-order valence-corrected chi connectivity index (χ2v) is 5.86. The predicted molar refractivity (Wildman–Crippen MR) is 88.4 cm³/mol. The molecule has 0 spiro atoms. The first-order valence-electron chi connectivity index (χ1n) is 6.18. The summed E-state index contributed by atoms with van der Waals surface area (Å²) in [5.41, 5.74) is 0.353. The van der Waals surface area contributed by atoms with Crippen molar-refractivity contribution >= 4 is 45.0 Å². The quantitative estimate of drug-likeness (QED) is 0.762. The highest BCUT2D eigenvalue weighted by Crippen LogP contribution is 2.25. The molecule has 0 saturated heterocycles. The van der Waals surface area contributed by atoms with Crippen LogP contribution in [-0.4, -0.2) is 19.1 Å². The summed E-state index contributed by atoms with van der Waals surface area (Å²) in [6.45, 7) is 0.731. The molecule has 6 heteroatoms. The number of hydrogen-bond acceptors (Lipinski definition) is 2. The number of hydrogen-bond donors (Lipinski definition) is 1. The van der Waals surface area contributed by atoms with Gasteiger partial charge < -0.3 is 10.1 Å². The molecule has 1 N–H and O–H groups in total. The summed E-state index contributed by atoms with van der Waals surface area (Å²) < 4.78 is 6.46. The third-order valence-electron chi connectivity index (χ3n) is 2.65. The average Bonchev–Trinajstić information content (AvgIpc) is 2.46. The van der Waals surface area contributed by atoms with E-state index in [-0.39, 0.29) is 10.9 Å². The molecule has 110 valence electrons. The van der Waals surface area contributed by atoms with Crippen LogP contribution < -0.4 is 10.1 Å². The van der Waals surface area contributed by atoms with E-state index in [1.165, 1.54) is 0 Å². The van der Waals surface area contributed by atoms with Crippen molar-refractivity contribution in [3.8, 4) is 5.75 Å². The molecule has 2 aromatic rings. The second-order valence-electron chi connectivity index (χ2n) is 4.16. The van der Waals surface area contributed by atoms with Crippen LogP contribution in [0.5, 0.6) is 5.75 Å². The number of rotatable bonds is 5. The van der Waals surface area contributed by atoms with Gasteiger partial charge in [0.2, 0.25) is 0 Å². The van der Waals surface area contributed by atoms with Crippen molar-refractivity contribution in [3.63, 3.8) is 0 Å². The minimum absolute atomic E-state index is 0.254. The average molecular weight is 389 g/mol. The first-order valence-corrected chi connectivity index (χ1v) is 7.73. The maximum Gasteiger partial charge on any atom is 0.252 e. The van der Waals surface area contributed by atoms with Gasteiger partial charge in [-0.1, -0.05) is 51.3 Å². The second kappa shape index (κ2) is 7.69. The van der Waals surface area contributed by atoms with Crippen LogP contribution in [0.15, 0.2) is 46.9 Å². The predicted octanol–water partition coefficient (Wildman–Crippen LogP) is 4.56. The van der Waals surface area contributed by atoms with Crippen molar-refractivity contribution in [2.75, 3.05) is 13.2 Å². The van der Waals surface area contributed by atoms with Gasteiger partial charge in [-0.3, -0.25) is 4.79 Å². The molecule has 0 aliphatic rings. The van der Waals surface area contributed by atoms with Crippen molar-refractivity contribution in [2.24, 2.45) is 0 Å². The number of carbonyl (C=O) groups is 1. The topological polar surface area (TPSA) is 38.3 Å². The fourth-order valence-corrected chi connectivity index (χ4v) is 2.43. The van der Waals surface area contributed by atoms with Crippen LogP contribution >= 0.6 is 39.1 Å². The van der Waals surface area contributed by atoms with Crippen LogP contribution in [0.4, 0.5) is 0 Å². The van der Waals surface area contributed by atoms with Gasteiger partial charge in [0.1, 0.15) is 12.4 Å². The Morgan fingerprint density at radius 2 is 1.95 bits per heavy atom. The first kappa shape index (κ1) is 16.1. The molecule has 21 heavy (non-hydrogen) atoms. The molecule has 0 aliphatic heterocycles. The summed E-state index contributed by atoms with van der Waals surface area (Å²) in [6.07, 6.45) is 0. The third-order valence-corrected chi connectivity index (χ3v) is 3.96. The summed E-state index contributed by atoms with van der Waals surface area (Å²) in [5.74, 6) is 0.458. The highest BCUT2D eigenvalue weighted by atomic mass is 79.9. The Balaban J connectivity index is 1.83. The molecule has 0 radical (unpaired) electrons. The Hall–Kier alpha value is -1.23. The number of amides is 1. The zero-order chi connectivity index (χ0) is 15.2. The number of benzene rings is 2. The first-order chi connectivity index (χ1) is 10.1. The normalized spacial score (nSPS) is 10.2. The van der Waals surface area contributed by atoms with E-state index in [0.29, 0.717) is 23.7 Å². The Bertz CT molecular complexity index is 649. The van der Waals surface area contributed by atoms with Gasteiger partial charge in [0.25, 0.3) is 5.91 Å². The van der Waals surface area contributed by atoms with E-state index in [2.05, 4.69) is 21.2 Å². The Labute approximate surface area is 141 Å². The standard InChI is InChI=1S/C15H12BrCl2NO2/c16-10-3-1-4-11(9-10)21-8-7-19-15(20)12-5-2-6-13(17)14(12)18/h1-6,9H,7-8H2,(H,19,20). The Kier molecular flexibility index (Phi) is 5.91. The molecule has 3 nitrogen and oxygen atoms in total. The summed E-state index contributed by atoms with van der Waals surface area (Å²) in [4.78, 5) is 12.0. The van der Waals surface area contributed by atoms with Crippen LogP contribution in [-0.2, 0) is 0 Å². The third kappa shape index (κ3) is 4.63. The highest BCUT2D eigenvalue weighted by Gasteiger charge is 2.11. The smallest absolute Gasteiger partial charge is 0.252 e. The van der Waals surface area contributed by atoms with E-state index >= 15 is 0 Å². The fourth-order valence-electron chi connectivity index (χ4n) is 1.66. The van der Waals surface area contributed by atoms with Crippen molar-refractivity contribution in [3.05, 3.63) is 62.5 Å².